The van der Waals surface area contributed by atoms with E-state index in [0.717, 1.165) is 43.3 Å². The largest absolute Gasteiger partial charge is 0.481 e. The molecule has 0 spiro atoms. The zero-order valence-corrected chi connectivity index (χ0v) is 13.5. The van der Waals surface area contributed by atoms with Crippen molar-refractivity contribution in [2.24, 2.45) is 0 Å². The van der Waals surface area contributed by atoms with E-state index < -0.39 is 0 Å². The van der Waals surface area contributed by atoms with Crippen LogP contribution in [0.25, 0.3) is 0 Å². The lowest BCUT2D eigenvalue weighted by molar-refractivity contribution is 0.396. The van der Waals surface area contributed by atoms with E-state index >= 15 is 0 Å². The van der Waals surface area contributed by atoms with Crippen LogP contribution in [0.2, 0.25) is 0 Å². The normalized spacial score (nSPS) is 23.2. The molecule has 2 atom stereocenters. The molecule has 6 nitrogen and oxygen atoms in total. The van der Waals surface area contributed by atoms with Crippen LogP contribution in [0, 0.1) is 6.92 Å². The zero-order chi connectivity index (χ0) is 15.8. The highest BCUT2D eigenvalue weighted by molar-refractivity contribution is 5.50. The molecule has 23 heavy (non-hydrogen) atoms. The summed E-state index contributed by atoms with van der Waals surface area (Å²) in [6, 6.07) is 9.17. The SMILES string of the molecule is COc1cc(N2CC[C@H]3[C@H]2CCN3c2cccc(C)n2)ncn1. The molecule has 0 saturated carbocycles. The minimum atomic E-state index is 0.483. The van der Waals surface area contributed by atoms with E-state index in [9.17, 15) is 0 Å². The van der Waals surface area contributed by atoms with Gasteiger partial charge in [0.1, 0.15) is 18.0 Å². The van der Waals surface area contributed by atoms with Crippen molar-refractivity contribution in [2.45, 2.75) is 31.8 Å². The van der Waals surface area contributed by atoms with Gasteiger partial charge in [-0.2, -0.15) is 0 Å². The molecule has 0 bridgehead atoms. The topological polar surface area (TPSA) is 54.4 Å². The Kier molecular flexibility index (Phi) is 3.52. The predicted molar refractivity (Wildman–Crippen MR) is 89.1 cm³/mol. The number of ether oxygens (including phenoxy) is 1. The van der Waals surface area contributed by atoms with Crippen molar-refractivity contribution < 1.29 is 4.74 Å². The van der Waals surface area contributed by atoms with E-state index in [4.69, 9.17) is 9.72 Å². The first-order chi connectivity index (χ1) is 11.3. The van der Waals surface area contributed by atoms with Crippen LogP contribution in [0.1, 0.15) is 18.5 Å². The molecule has 2 aliphatic heterocycles. The summed E-state index contributed by atoms with van der Waals surface area (Å²) in [5.74, 6) is 2.68. The highest BCUT2D eigenvalue weighted by Gasteiger charge is 2.43. The van der Waals surface area contributed by atoms with Crippen LogP contribution in [-0.2, 0) is 0 Å². The molecule has 0 aromatic carbocycles. The van der Waals surface area contributed by atoms with Crippen molar-refractivity contribution in [3.63, 3.8) is 0 Å². The number of methoxy groups -OCH3 is 1. The number of pyridine rings is 1. The fourth-order valence-electron chi connectivity index (χ4n) is 3.84. The third-order valence-corrected chi connectivity index (χ3v) is 4.88. The molecule has 2 aromatic heterocycles. The van der Waals surface area contributed by atoms with Crippen molar-refractivity contribution in [1.29, 1.82) is 0 Å². The minimum absolute atomic E-state index is 0.483. The molecule has 6 heteroatoms. The number of hydrogen-bond donors (Lipinski definition) is 0. The van der Waals surface area contributed by atoms with Crippen LogP contribution >= 0.6 is 0 Å². The molecule has 0 N–H and O–H groups in total. The van der Waals surface area contributed by atoms with Gasteiger partial charge in [0.25, 0.3) is 0 Å². The van der Waals surface area contributed by atoms with Crippen molar-refractivity contribution in [1.82, 2.24) is 15.0 Å². The number of nitrogens with zero attached hydrogens (tertiary/aromatic N) is 5. The van der Waals surface area contributed by atoms with E-state index in [0.29, 0.717) is 18.0 Å². The quantitative estimate of drug-likeness (QED) is 0.865. The summed E-state index contributed by atoms with van der Waals surface area (Å²) in [6.07, 6.45) is 3.84. The highest BCUT2D eigenvalue weighted by atomic mass is 16.5. The molecule has 2 saturated heterocycles. The molecular formula is C17H21N5O. The summed E-state index contributed by atoms with van der Waals surface area (Å²) in [7, 11) is 1.64. The Bertz CT molecular complexity index is 707. The van der Waals surface area contributed by atoms with Gasteiger partial charge in [-0.05, 0) is 31.9 Å². The number of anilines is 2. The molecule has 4 heterocycles. The maximum absolute atomic E-state index is 5.23. The molecular weight excluding hydrogens is 290 g/mol. The van der Waals surface area contributed by atoms with Crippen molar-refractivity contribution in [3.8, 4) is 5.88 Å². The molecule has 2 aliphatic rings. The summed E-state index contributed by atoms with van der Waals surface area (Å²) >= 11 is 0. The highest BCUT2D eigenvalue weighted by Crippen LogP contribution is 2.36. The van der Waals surface area contributed by atoms with Crippen LogP contribution in [0.3, 0.4) is 0 Å². The summed E-state index contributed by atoms with van der Waals surface area (Å²) in [5.41, 5.74) is 1.07. The Balaban J connectivity index is 1.58. The molecule has 120 valence electrons. The van der Waals surface area contributed by atoms with Gasteiger partial charge in [0.2, 0.25) is 5.88 Å². The minimum Gasteiger partial charge on any atom is -0.481 e. The second kappa shape index (κ2) is 5.68. The average molecular weight is 311 g/mol. The average Bonchev–Trinajstić information content (AvgIpc) is 3.16. The van der Waals surface area contributed by atoms with Crippen LogP contribution in [-0.4, -0.2) is 47.2 Å². The molecule has 0 aliphatic carbocycles. The lowest BCUT2D eigenvalue weighted by atomic mass is 10.1. The van der Waals surface area contributed by atoms with Gasteiger partial charge < -0.3 is 14.5 Å². The Morgan fingerprint density at radius 1 is 1.04 bits per heavy atom. The van der Waals surface area contributed by atoms with Crippen molar-refractivity contribution in [2.75, 3.05) is 30.0 Å². The summed E-state index contributed by atoms with van der Waals surface area (Å²) in [6.45, 7) is 4.10. The first kappa shape index (κ1) is 14.2. The maximum Gasteiger partial charge on any atom is 0.218 e. The second-order valence-corrected chi connectivity index (χ2v) is 6.15. The zero-order valence-electron chi connectivity index (χ0n) is 13.5. The Morgan fingerprint density at radius 3 is 2.48 bits per heavy atom. The number of fused-ring (bicyclic) bond motifs is 1. The molecule has 2 fully saturated rings. The third-order valence-electron chi connectivity index (χ3n) is 4.88. The van der Waals surface area contributed by atoms with Gasteiger partial charge in [-0.3, -0.25) is 0 Å². The summed E-state index contributed by atoms with van der Waals surface area (Å²) in [5, 5.41) is 0. The van der Waals surface area contributed by atoms with E-state index in [1.54, 1.807) is 13.4 Å². The lowest BCUT2D eigenvalue weighted by Gasteiger charge is -2.27. The van der Waals surface area contributed by atoms with Gasteiger partial charge in [0.15, 0.2) is 0 Å². The summed E-state index contributed by atoms with van der Waals surface area (Å²) in [4.78, 5) is 18.1. The van der Waals surface area contributed by atoms with Gasteiger partial charge >= 0.3 is 0 Å². The van der Waals surface area contributed by atoms with E-state index in [2.05, 4.69) is 31.9 Å². The molecule has 0 amide bonds. The van der Waals surface area contributed by atoms with Gasteiger partial charge in [0, 0.05) is 24.8 Å². The Hall–Kier alpha value is -2.37. The first-order valence-electron chi connectivity index (χ1n) is 8.09. The van der Waals surface area contributed by atoms with Gasteiger partial charge in [-0.15, -0.1) is 0 Å². The summed E-state index contributed by atoms with van der Waals surface area (Å²) < 4.78 is 5.23. The molecule has 0 radical (unpaired) electrons. The standard InChI is InChI=1S/C17H21N5O/c1-12-4-3-5-15(20-12)21-8-6-14-13(21)7-9-22(14)16-10-17(23-2)19-11-18-16/h3-5,10-11,13-14H,6-9H2,1-2H3/t13-,14+/m0/s1. The fourth-order valence-corrected chi connectivity index (χ4v) is 3.84. The second-order valence-electron chi connectivity index (χ2n) is 6.15. The van der Waals surface area contributed by atoms with Crippen LogP contribution < -0.4 is 14.5 Å². The number of aryl methyl sites for hydroxylation is 1. The lowest BCUT2D eigenvalue weighted by Crippen LogP contribution is -2.37. The van der Waals surface area contributed by atoms with Crippen LogP contribution in [0.5, 0.6) is 5.88 Å². The smallest absolute Gasteiger partial charge is 0.218 e. The van der Waals surface area contributed by atoms with E-state index in [1.165, 1.54) is 0 Å². The van der Waals surface area contributed by atoms with Crippen LogP contribution in [0.15, 0.2) is 30.6 Å². The van der Waals surface area contributed by atoms with E-state index in [1.807, 2.05) is 19.1 Å². The number of aromatic nitrogens is 3. The number of hydrogen-bond acceptors (Lipinski definition) is 6. The van der Waals surface area contributed by atoms with Gasteiger partial charge in [-0.1, -0.05) is 6.07 Å². The molecule has 4 rings (SSSR count). The third kappa shape index (κ3) is 2.48. The fraction of sp³-hybridized carbons (Fsp3) is 0.471. The molecule has 2 aromatic rings. The van der Waals surface area contributed by atoms with Crippen molar-refractivity contribution in [3.05, 3.63) is 36.3 Å². The van der Waals surface area contributed by atoms with Crippen molar-refractivity contribution >= 4 is 11.6 Å². The predicted octanol–water partition coefficient (Wildman–Crippen LogP) is 2.05. The Labute approximate surface area is 136 Å². The first-order valence-corrected chi connectivity index (χ1v) is 8.09. The van der Waals surface area contributed by atoms with Gasteiger partial charge in [0.05, 0.1) is 19.2 Å². The monoisotopic (exact) mass is 311 g/mol. The molecule has 0 unspecified atom stereocenters. The Morgan fingerprint density at radius 2 is 1.78 bits per heavy atom. The van der Waals surface area contributed by atoms with E-state index in [-0.39, 0.29) is 0 Å². The van der Waals surface area contributed by atoms with Gasteiger partial charge in [-0.25, -0.2) is 15.0 Å². The maximum atomic E-state index is 5.23. The number of rotatable bonds is 3. The van der Waals surface area contributed by atoms with Crippen LogP contribution in [0.4, 0.5) is 11.6 Å².